The lowest BCUT2D eigenvalue weighted by molar-refractivity contribution is -0.121. The van der Waals surface area contributed by atoms with Crippen LogP contribution in [0.1, 0.15) is 20.3 Å². The Balaban J connectivity index is 2.51. The third-order valence-electron chi connectivity index (χ3n) is 1.38. The summed E-state index contributed by atoms with van der Waals surface area (Å²) in [5, 5.41) is 0. The van der Waals surface area contributed by atoms with Gasteiger partial charge in [-0.1, -0.05) is 0 Å². The Morgan fingerprint density at radius 3 is 2.38 bits per heavy atom. The Kier molecular flexibility index (Phi) is 1.34. The molecule has 0 bridgehead atoms. The largest absolute Gasteiger partial charge is 0.367 e. The summed E-state index contributed by atoms with van der Waals surface area (Å²) in [6, 6.07) is 0. The van der Waals surface area contributed by atoms with Crippen LogP contribution in [0, 0.1) is 0 Å². The van der Waals surface area contributed by atoms with E-state index in [2.05, 4.69) is 0 Å². The van der Waals surface area contributed by atoms with Crippen molar-refractivity contribution in [2.24, 2.45) is 0 Å². The molecule has 0 aromatic rings. The first-order valence-electron chi connectivity index (χ1n) is 2.88. The molecule has 0 N–H and O–H groups in total. The Morgan fingerprint density at radius 1 is 1.62 bits per heavy atom. The van der Waals surface area contributed by atoms with E-state index in [-0.39, 0.29) is 18.0 Å². The molecule has 0 aromatic carbocycles. The van der Waals surface area contributed by atoms with Crippen LogP contribution in [0.4, 0.5) is 0 Å². The van der Waals surface area contributed by atoms with Crippen LogP contribution < -0.4 is 0 Å². The molecule has 2 nitrogen and oxygen atoms in total. The number of rotatable bonds is 0. The maximum Gasteiger partial charge on any atom is 0.163 e. The maximum absolute atomic E-state index is 10.7. The average molecular weight is 114 g/mol. The number of carbonyl (C=O) groups excluding carboxylic acids is 1. The molecule has 0 aromatic heterocycles. The fraction of sp³-hybridized carbons (Fsp3) is 0.833. The van der Waals surface area contributed by atoms with Gasteiger partial charge in [0.1, 0.15) is 6.10 Å². The highest BCUT2D eigenvalue weighted by molar-refractivity contribution is 5.84. The van der Waals surface area contributed by atoms with Crippen molar-refractivity contribution >= 4 is 5.78 Å². The highest BCUT2D eigenvalue weighted by Gasteiger charge is 2.25. The summed E-state index contributed by atoms with van der Waals surface area (Å²) in [5.74, 6) is 0.234. The van der Waals surface area contributed by atoms with E-state index < -0.39 is 0 Å². The van der Waals surface area contributed by atoms with E-state index in [4.69, 9.17) is 4.74 Å². The van der Waals surface area contributed by atoms with Gasteiger partial charge in [-0.3, -0.25) is 4.79 Å². The van der Waals surface area contributed by atoms with E-state index in [0.29, 0.717) is 6.42 Å². The summed E-state index contributed by atoms with van der Waals surface area (Å²) >= 11 is 0. The molecule has 2 heteroatoms. The average Bonchev–Trinajstić information content (AvgIpc) is 1.85. The number of hydrogen-bond donors (Lipinski definition) is 0. The standard InChI is InChI=1S/C6H10O2/c1-4-3-6(7)5(2)8-4/h4-5H,3H2,1-2H3/t4?,5-/m0/s1. The van der Waals surface area contributed by atoms with Gasteiger partial charge in [0.05, 0.1) is 6.10 Å². The predicted octanol–water partition coefficient (Wildman–Crippen LogP) is 0.753. The van der Waals surface area contributed by atoms with Crippen LogP contribution >= 0.6 is 0 Å². The first-order chi connectivity index (χ1) is 3.70. The summed E-state index contributed by atoms with van der Waals surface area (Å²) in [7, 11) is 0. The lowest BCUT2D eigenvalue weighted by atomic mass is 10.2. The van der Waals surface area contributed by atoms with Gasteiger partial charge in [0.15, 0.2) is 5.78 Å². The van der Waals surface area contributed by atoms with Gasteiger partial charge >= 0.3 is 0 Å². The molecule has 1 rings (SSSR count). The van der Waals surface area contributed by atoms with E-state index in [1.165, 1.54) is 0 Å². The van der Waals surface area contributed by atoms with Crippen molar-refractivity contribution in [3.8, 4) is 0 Å². The molecule has 0 aliphatic carbocycles. The van der Waals surface area contributed by atoms with Crippen molar-refractivity contribution < 1.29 is 9.53 Å². The molecule has 46 valence electrons. The van der Waals surface area contributed by atoms with Gasteiger partial charge in [0, 0.05) is 6.42 Å². The van der Waals surface area contributed by atoms with Gasteiger partial charge in [-0.25, -0.2) is 0 Å². The minimum Gasteiger partial charge on any atom is -0.367 e. The van der Waals surface area contributed by atoms with Crippen LogP contribution in [-0.4, -0.2) is 18.0 Å². The van der Waals surface area contributed by atoms with Crippen LogP contribution in [0.2, 0.25) is 0 Å². The molecule has 1 aliphatic rings. The van der Waals surface area contributed by atoms with Crippen molar-refractivity contribution in [2.75, 3.05) is 0 Å². The summed E-state index contributed by atoms with van der Waals surface area (Å²) in [5.41, 5.74) is 0. The second kappa shape index (κ2) is 1.86. The zero-order chi connectivity index (χ0) is 6.15. The first kappa shape index (κ1) is 5.76. The van der Waals surface area contributed by atoms with E-state index in [1.807, 2.05) is 6.92 Å². The molecule has 1 heterocycles. The number of Topliss-reactive ketones (excluding diaryl/α,β-unsaturated/α-hetero) is 1. The van der Waals surface area contributed by atoms with Gasteiger partial charge in [-0.2, -0.15) is 0 Å². The van der Waals surface area contributed by atoms with Crippen LogP contribution in [0.15, 0.2) is 0 Å². The minimum atomic E-state index is -0.148. The van der Waals surface area contributed by atoms with Crippen molar-refractivity contribution in [3.05, 3.63) is 0 Å². The number of carbonyl (C=O) groups is 1. The molecule has 0 amide bonds. The van der Waals surface area contributed by atoms with E-state index in [1.54, 1.807) is 6.92 Å². The second-order valence-corrected chi connectivity index (χ2v) is 2.26. The smallest absolute Gasteiger partial charge is 0.163 e. The third kappa shape index (κ3) is 0.892. The van der Waals surface area contributed by atoms with Crippen molar-refractivity contribution in [1.29, 1.82) is 0 Å². The summed E-state index contributed by atoms with van der Waals surface area (Å²) in [4.78, 5) is 10.7. The van der Waals surface area contributed by atoms with Crippen molar-refractivity contribution in [2.45, 2.75) is 32.5 Å². The van der Waals surface area contributed by atoms with Gasteiger partial charge in [-0.15, -0.1) is 0 Å². The molecule has 8 heavy (non-hydrogen) atoms. The molecular formula is C6H10O2. The molecular weight excluding hydrogens is 104 g/mol. The van der Waals surface area contributed by atoms with E-state index in [0.717, 1.165) is 0 Å². The maximum atomic E-state index is 10.7. The lowest BCUT2D eigenvalue weighted by Gasteiger charge is -1.99. The lowest BCUT2D eigenvalue weighted by Crippen LogP contribution is -2.08. The molecule has 1 saturated heterocycles. The fourth-order valence-corrected chi connectivity index (χ4v) is 0.922. The first-order valence-corrected chi connectivity index (χ1v) is 2.88. The fourth-order valence-electron chi connectivity index (χ4n) is 0.922. The minimum absolute atomic E-state index is 0.148. The number of hydrogen-bond acceptors (Lipinski definition) is 2. The molecule has 0 saturated carbocycles. The van der Waals surface area contributed by atoms with Gasteiger partial charge < -0.3 is 4.74 Å². The predicted molar refractivity (Wildman–Crippen MR) is 29.6 cm³/mol. The van der Waals surface area contributed by atoms with Crippen LogP contribution in [0.25, 0.3) is 0 Å². The van der Waals surface area contributed by atoms with Crippen LogP contribution in [0.5, 0.6) is 0 Å². The van der Waals surface area contributed by atoms with E-state index in [9.17, 15) is 4.79 Å². The van der Waals surface area contributed by atoms with Crippen molar-refractivity contribution in [3.63, 3.8) is 0 Å². The monoisotopic (exact) mass is 114 g/mol. The topological polar surface area (TPSA) is 26.3 Å². The Hall–Kier alpha value is -0.370. The van der Waals surface area contributed by atoms with Crippen LogP contribution in [0.3, 0.4) is 0 Å². The Morgan fingerprint density at radius 2 is 2.25 bits per heavy atom. The molecule has 1 aliphatic heterocycles. The van der Waals surface area contributed by atoms with E-state index >= 15 is 0 Å². The SMILES string of the molecule is CC1CC(=O)[C@H](C)O1. The quantitative estimate of drug-likeness (QED) is 0.464. The third-order valence-corrected chi connectivity index (χ3v) is 1.38. The second-order valence-electron chi connectivity index (χ2n) is 2.26. The van der Waals surface area contributed by atoms with Gasteiger partial charge in [-0.05, 0) is 13.8 Å². The van der Waals surface area contributed by atoms with Crippen molar-refractivity contribution in [1.82, 2.24) is 0 Å². The molecule has 2 atom stereocenters. The summed E-state index contributed by atoms with van der Waals surface area (Å²) in [6.45, 7) is 3.72. The highest BCUT2D eigenvalue weighted by Crippen LogP contribution is 2.13. The van der Waals surface area contributed by atoms with Crippen LogP contribution in [-0.2, 0) is 9.53 Å². The van der Waals surface area contributed by atoms with Gasteiger partial charge in [0.25, 0.3) is 0 Å². The normalized spacial score (nSPS) is 38.5. The Bertz CT molecular complexity index is 109. The highest BCUT2D eigenvalue weighted by atomic mass is 16.5. The summed E-state index contributed by atoms with van der Waals surface area (Å²) in [6.07, 6.45) is 0.601. The Labute approximate surface area is 48.8 Å². The zero-order valence-electron chi connectivity index (χ0n) is 5.18. The molecule has 1 unspecified atom stereocenters. The molecule has 1 fully saturated rings. The summed E-state index contributed by atoms with van der Waals surface area (Å²) < 4.78 is 5.12. The molecule has 0 radical (unpaired) electrons. The number of ketones is 1. The zero-order valence-corrected chi connectivity index (χ0v) is 5.18. The molecule has 0 spiro atoms. The number of ether oxygens (including phenoxy) is 1. The van der Waals surface area contributed by atoms with Gasteiger partial charge in [0.2, 0.25) is 0 Å².